The van der Waals surface area contributed by atoms with Crippen LogP contribution in [-0.4, -0.2) is 115 Å². The van der Waals surface area contributed by atoms with Gasteiger partial charge < -0.3 is 60.5 Å². The first-order valence-corrected chi connectivity index (χ1v) is 18.9. The van der Waals surface area contributed by atoms with Gasteiger partial charge in [0.25, 0.3) is 0 Å². The average molecular weight is 748 g/mol. The number of rotatable bonds is 9. The summed E-state index contributed by atoms with van der Waals surface area (Å²) in [6, 6.07) is 12.3. The van der Waals surface area contributed by atoms with Gasteiger partial charge in [-0.1, -0.05) is 51.9 Å². The third-order valence-corrected chi connectivity index (χ3v) is 13.1. The number of aryl methyl sites for hydroxylation is 1. The number of hydrogen-bond acceptors (Lipinski definition) is 15. The smallest absolute Gasteiger partial charge is 0.229 e. The van der Waals surface area contributed by atoms with E-state index in [9.17, 15) is 45.3 Å². The van der Waals surface area contributed by atoms with E-state index in [4.69, 9.17) is 19.9 Å². The molecule has 51 heavy (non-hydrogen) atoms. The van der Waals surface area contributed by atoms with Crippen LogP contribution in [0.5, 0.6) is 17.2 Å². The van der Waals surface area contributed by atoms with E-state index < -0.39 is 83.9 Å². The summed E-state index contributed by atoms with van der Waals surface area (Å²) in [4.78, 5) is 25.9. The SMILES string of the molecule is COc1cc2c3c(O)c(c(C)cc3c1CO)C(=O)C[C@@H](CO)SS[C@H](Cc1ccccc1)[C@@H]([C@H](CN)CC=O)[C@H](O)[C@@H]1O[C@H](O2)[C@H](O)[C@@H](O)[C@@H]1O. The first-order valence-electron chi connectivity index (χ1n) is 16.6. The highest BCUT2D eigenvalue weighted by atomic mass is 33.1. The minimum atomic E-state index is -1.88. The highest BCUT2D eigenvalue weighted by Gasteiger charge is 2.51. The molecule has 1 fully saturated rings. The van der Waals surface area contributed by atoms with E-state index in [1.165, 1.54) is 34.8 Å². The van der Waals surface area contributed by atoms with Crippen LogP contribution in [0.2, 0.25) is 0 Å². The number of Topliss-reactive ketones (excluding diaryl/α,β-unsaturated/α-hetero) is 1. The molecule has 0 unspecified atom stereocenters. The number of fused-ring (bicyclic) bond motifs is 3. The highest BCUT2D eigenvalue weighted by molar-refractivity contribution is 8.77. The van der Waals surface area contributed by atoms with Gasteiger partial charge in [-0.05, 0) is 48.4 Å². The van der Waals surface area contributed by atoms with Crippen molar-refractivity contribution in [2.45, 2.75) is 80.1 Å². The summed E-state index contributed by atoms with van der Waals surface area (Å²) in [5.41, 5.74) is 7.70. The predicted molar refractivity (Wildman–Crippen MR) is 192 cm³/mol. The second-order valence-corrected chi connectivity index (χ2v) is 15.7. The zero-order chi connectivity index (χ0) is 37.0. The number of nitrogens with two attached hydrogens (primary N) is 1. The molecule has 2 heterocycles. The maximum atomic E-state index is 13.9. The molecule has 9 N–H and O–H groups in total. The lowest BCUT2D eigenvalue weighted by Crippen LogP contribution is -2.64. The molecule has 0 amide bonds. The maximum absolute atomic E-state index is 13.9. The normalized spacial score (nSPS) is 29.4. The van der Waals surface area contributed by atoms with E-state index in [1.54, 1.807) is 13.0 Å². The number of carbonyl (C=O) groups is 2. The standard InChI is InChI=1S/C36H45NO12S2/c1-17-10-21-22(16-40)24(47-2)13-25-29(21)30(42)27(17)23(41)12-20(15-39)50-51-26(11-18-6-4-3-5-7-18)28(19(14-37)8-9-38)31(43)35-33(45)32(44)34(46)36(48-25)49-35/h3-7,9-10,13,19-20,26,28,31-36,39-40,42-46H,8,11-12,14-16,37H2,1-2H3/t19-,20-,26+,28+,31-,32-,33-,34+,35-,36-/m0/s1. The monoisotopic (exact) mass is 747 g/mol. The van der Waals surface area contributed by atoms with E-state index in [0.29, 0.717) is 18.3 Å². The number of benzene rings is 3. The molecule has 2 aliphatic heterocycles. The van der Waals surface area contributed by atoms with Gasteiger partial charge in [-0.15, -0.1) is 0 Å². The van der Waals surface area contributed by atoms with Crippen molar-refractivity contribution in [3.63, 3.8) is 0 Å². The number of carbonyl (C=O) groups excluding carboxylic acids is 2. The Morgan fingerprint density at radius 1 is 1.04 bits per heavy atom. The largest absolute Gasteiger partial charge is 0.506 e. The van der Waals surface area contributed by atoms with Gasteiger partial charge in [0.2, 0.25) is 6.29 Å². The summed E-state index contributed by atoms with van der Waals surface area (Å²) in [5, 5.41) is 77.2. The quantitative estimate of drug-likeness (QED) is 0.115. The number of hydrogen-bond donors (Lipinski definition) is 8. The van der Waals surface area contributed by atoms with Crippen molar-refractivity contribution in [2.75, 3.05) is 20.3 Å². The molecule has 0 aromatic heterocycles. The zero-order valence-corrected chi connectivity index (χ0v) is 29.8. The van der Waals surface area contributed by atoms with Crippen LogP contribution in [0.4, 0.5) is 0 Å². The number of methoxy groups -OCH3 is 1. The fourth-order valence-electron chi connectivity index (χ4n) is 7.09. The Hall–Kier alpha value is -2.96. The number of ether oxygens (including phenoxy) is 3. The number of phenols is 1. The van der Waals surface area contributed by atoms with Crippen LogP contribution in [0.3, 0.4) is 0 Å². The van der Waals surface area contributed by atoms with Gasteiger partial charge >= 0.3 is 0 Å². The molecule has 3 aromatic rings. The molecule has 3 aromatic carbocycles. The fourth-order valence-corrected chi connectivity index (χ4v) is 10.3. The summed E-state index contributed by atoms with van der Waals surface area (Å²) >= 11 is 0. The lowest BCUT2D eigenvalue weighted by atomic mass is 9.77. The van der Waals surface area contributed by atoms with Gasteiger partial charge in [0.15, 0.2) is 5.78 Å². The van der Waals surface area contributed by atoms with Crippen molar-refractivity contribution in [2.24, 2.45) is 17.6 Å². The molecule has 10 atom stereocenters. The molecule has 0 spiro atoms. The first-order chi connectivity index (χ1) is 24.5. The zero-order valence-electron chi connectivity index (χ0n) is 28.2. The summed E-state index contributed by atoms with van der Waals surface area (Å²) in [5.74, 6) is -2.47. The van der Waals surface area contributed by atoms with Crippen molar-refractivity contribution in [1.29, 1.82) is 0 Å². The molecular weight excluding hydrogens is 703 g/mol. The van der Waals surface area contributed by atoms with Gasteiger partial charge in [-0.2, -0.15) is 0 Å². The molecule has 2 aliphatic rings. The topological polar surface area (TPSA) is 229 Å². The Balaban J connectivity index is 1.72. The number of aliphatic hydroxyl groups excluding tert-OH is 6. The first kappa shape index (κ1) is 39.3. The second-order valence-electron chi connectivity index (χ2n) is 12.9. The third kappa shape index (κ3) is 8.03. The molecule has 0 saturated carbocycles. The molecule has 4 bridgehead atoms. The Kier molecular flexibility index (Phi) is 13.3. The number of aromatic hydroxyl groups is 1. The van der Waals surface area contributed by atoms with Crippen LogP contribution in [-0.2, 0) is 22.6 Å². The lowest BCUT2D eigenvalue weighted by Gasteiger charge is -2.46. The van der Waals surface area contributed by atoms with Gasteiger partial charge in [0.1, 0.15) is 48.0 Å². The van der Waals surface area contributed by atoms with E-state index >= 15 is 0 Å². The van der Waals surface area contributed by atoms with Gasteiger partial charge in [-0.3, -0.25) is 4.79 Å². The number of phenolic OH excluding ortho intramolecular Hbond substituents is 1. The third-order valence-electron chi connectivity index (χ3n) is 9.75. The van der Waals surface area contributed by atoms with Crippen molar-refractivity contribution >= 4 is 44.4 Å². The van der Waals surface area contributed by atoms with Gasteiger partial charge in [0.05, 0.1) is 37.4 Å². The molecule has 1 saturated heterocycles. The molecule has 5 rings (SSSR count). The second kappa shape index (κ2) is 17.2. The Bertz CT molecular complexity index is 1680. The van der Waals surface area contributed by atoms with Crippen molar-refractivity contribution in [3.05, 3.63) is 64.7 Å². The van der Waals surface area contributed by atoms with E-state index in [1.807, 2.05) is 30.3 Å². The van der Waals surface area contributed by atoms with Crippen molar-refractivity contribution < 1.29 is 59.5 Å². The van der Waals surface area contributed by atoms with Crippen LogP contribution < -0.4 is 15.2 Å². The van der Waals surface area contributed by atoms with E-state index in [2.05, 4.69) is 0 Å². The minimum absolute atomic E-state index is 0.0213. The minimum Gasteiger partial charge on any atom is -0.506 e. The van der Waals surface area contributed by atoms with Gasteiger partial charge in [-0.25, -0.2) is 0 Å². The van der Waals surface area contributed by atoms with Crippen molar-refractivity contribution in [1.82, 2.24) is 0 Å². The molecule has 278 valence electrons. The summed E-state index contributed by atoms with van der Waals surface area (Å²) in [6.45, 7) is 0.672. The molecule has 15 heteroatoms. The molecule has 13 nitrogen and oxygen atoms in total. The van der Waals surface area contributed by atoms with Crippen LogP contribution in [0.15, 0.2) is 42.5 Å². The van der Waals surface area contributed by atoms with E-state index in [0.717, 1.165) is 5.56 Å². The Morgan fingerprint density at radius 2 is 1.76 bits per heavy atom. The van der Waals surface area contributed by atoms with Crippen LogP contribution >= 0.6 is 21.6 Å². The number of aldehydes is 1. The lowest BCUT2D eigenvalue weighted by molar-refractivity contribution is -0.293. The predicted octanol–water partition coefficient (Wildman–Crippen LogP) is 1.62. The summed E-state index contributed by atoms with van der Waals surface area (Å²) < 4.78 is 17.8. The van der Waals surface area contributed by atoms with Crippen molar-refractivity contribution in [3.8, 4) is 17.2 Å². The van der Waals surface area contributed by atoms with E-state index in [-0.39, 0.29) is 52.8 Å². The Labute approximate surface area is 303 Å². The van der Waals surface area contributed by atoms with Gasteiger partial charge in [0, 0.05) is 40.9 Å². The summed E-state index contributed by atoms with van der Waals surface area (Å²) in [6.07, 6.45) is -9.64. The molecule has 0 aliphatic carbocycles. The molecular formula is C36H45NO12S2. The number of aliphatic hydroxyl groups is 6. The van der Waals surface area contributed by atoms with Crippen LogP contribution in [0.25, 0.3) is 10.8 Å². The fraction of sp³-hybridized carbons (Fsp3) is 0.500. The highest BCUT2D eigenvalue weighted by Crippen LogP contribution is 2.47. The maximum Gasteiger partial charge on any atom is 0.229 e. The summed E-state index contributed by atoms with van der Waals surface area (Å²) in [7, 11) is 3.84. The Morgan fingerprint density at radius 3 is 2.39 bits per heavy atom. The average Bonchev–Trinajstić information content (AvgIpc) is 3.12. The van der Waals surface area contributed by atoms with Crippen LogP contribution in [0, 0.1) is 18.8 Å². The number of ketones is 1. The van der Waals surface area contributed by atoms with Crippen LogP contribution in [0.1, 0.15) is 39.9 Å². The molecule has 0 radical (unpaired) electrons.